The molecule has 1 amide bonds. The van der Waals surface area contributed by atoms with Crippen molar-refractivity contribution in [3.63, 3.8) is 0 Å². The zero-order chi connectivity index (χ0) is 16.3. The fraction of sp³-hybridized carbons (Fsp3) is 0.333. The molecule has 22 heavy (non-hydrogen) atoms. The molecule has 0 aliphatic carbocycles. The summed E-state index contributed by atoms with van der Waals surface area (Å²) in [6.07, 6.45) is 0.192. The Kier molecular flexibility index (Phi) is 5.37. The largest absolute Gasteiger partial charge is 0.503 e. The summed E-state index contributed by atoms with van der Waals surface area (Å²) >= 11 is 4.71. The number of nitrogens with one attached hydrogen (secondary N) is 1. The van der Waals surface area contributed by atoms with Crippen molar-refractivity contribution in [2.24, 2.45) is 0 Å². The van der Waals surface area contributed by atoms with Crippen molar-refractivity contribution in [1.82, 2.24) is 5.32 Å². The molecule has 0 radical (unpaired) electrons. The monoisotopic (exact) mass is 382 g/mol. The Morgan fingerprint density at radius 1 is 1.59 bits per heavy atom. The number of amides is 1. The van der Waals surface area contributed by atoms with Crippen molar-refractivity contribution in [2.75, 3.05) is 12.9 Å². The molecule has 0 aromatic heterocycles. The minimum Gasteiger partial charge on any atom is -0.503 e. The molecule has 1 aliphatic heterocycles. The van der Waals surface area contributed by atoms with Crippen LogP contribution < -0.4 is 10.1 Å². The maximum Gasteiger partial charge on any atom is 0.225 e. The summed E-state index contributed by atoms with van der Waals surface area (Å²) in [5, 5.41) is 22.8. The molecule has 2 rings (SSSR count). The van der Waals surface area contributed by atoms with Crippen molar-refractivity contribution in [2.45, 2.75) is 19.3 Å². The number of ether oxygens (including phenoxy) is 1. The van der Waals surface area contributed by atoms with E-state index in [1.807, 2.05) is 6.92 Å². The van der Waals surface area contributed by atoms with E-state index in [1.165, 1.54) is 18.9 Å². The molecule has 0 spiro atoms. The second-order valence-corrected chi connectivity index (χ2v) is 6.77. The quantitative estimate of drug-likeness (QED) is 0.834. The normalized spacial score (nSPS) is 17.9. The highest BCUT2D eigenvalue weighted by molar-refractivity contribution is 9.10. The average molecular weight is 383 g/mol. The van der Waals surface area contributed by atoms with Crippen LogP contribution >= 0.6 is 27.7 Å². The first-order valence-corrected chi connectivity index (χ1v) is 8.43. The number of rotatable bonds is 4. The summed E-state index contributed by atoms with van der Waals surface area (Å²) < 4.78 is 5.61. The minimum absolute atomic E-state index is 0.00263. The summed E-state index contributed by atoms with van der Waals surface area (Å²) in [6, 6.07) is 5.58. The fourth-order valence-electron chi connectivity index (χ4n) is 2.31. The maximum atomic E-state index is 11.9. The van der Waals surface area contributed by atoms with E-state index in [0.29, 0.717) is 20.8 Å². The number of benzene rings is 1. The Morgan fingerprint density at radius 3 is 2.91 bits per heavy atom. The molecule has 116 valence electrons. The van der Waals surface area contributed by atoms with E-state index in [2.05, 4.69) is 27.3 Å². The predicted molar refractivity (Wildman–Crippen MR) is 88.6 cm³/mol. The van der Waals surface area contributed by atoms with E-state index < -0.39 is 0 Å². The van der Waals surface area contributed by atoms with Crippen LogP contribution in [0.5, 0.6) is 11.5 Å². The molecule has 1 atom stereocenters. The van der Waals surface area contributed by atoms with Gasteiger partial charge in [0.25, 0.3) is 0 Å². The Morgan fingerprint density at radius 2 is 2.32 bits per heavy atom. The number of carbonyl (C=O) groups is 1. The van der Waals surface area contributed by atoms with Crippen LogP contribution in [0.1, 0.15) is 24.8 Å². The van der Waals surface area contributed by atoms with Gasteiger partial charge in [-0.1, -0.05) is 6.92 Å². The van der Waals surface area contributed by atoms with Crippen LogP contribution in [0.4, 0.5) is 0 Å². The number of methoxy groups -OCH3 is 1. The molecule has 0 fully saturated rings. The number of nitrogens with zero attached hydrogens (tertiary/aromatic N) is 1. The van der Waals surface area contributed by atoms with Gasteiger partial charge < -0.3 is 15.2 Å². The third kappa shape index (κ3) is 3.23. The summed E-state index contributed by atoms with van der Waals surface area (Å²) in [5.74, 6) is 0.590. The van der Waals surface area contributed by atoms with Gasteiger partial charge in [0, 0.05) is 12.3 Å². The first-order valence-electron chi connectivity index (χ1n) is 6.65. The van der Waals surface area contributed by atoms with Crippen molar-refractivity contribution in [3.05, 3.63) is 32.8 Å². The molecule has 2 N–H and O–H groups in total. The lowest BCUT2D eigenvalue weighted by molar-refractivity contribution is -0.120. The number of phenols is 1. The molecule has 1 aliphatic rings. The van der Waals surface area contributed by atoms with Crippen molar-refractivity contribution in [1.29, 1.82) is 5.26 Å². The van der Waals surface area contributed by atoms with Gasteiger partial charge in [-0.05, 0) is 39.4 Å². The van der Waals surface area contributed by atoms with E-state index in [1.54, 1.807) is 12.1 Å². The molecule has 1 heterocycles. The summed E-state index contributed by atoms with van der Waals surface area (Å²) in [7, 11) is 1.46. The smallest absolute Gasteiger partial charge is 0.225 e. The first-order chi connectivity index (χ1) is 10.5. The van der Waals surface area contributed by atoms with Gasteiger partial charge in [0.1, 0.15) is 0 Å². The third-order valence-electron chi connectivity index (χ3n) is 3.32. The van der Waals surface area contributed by atoms with E-state index in [-0.39, 0.29) is 24.0 Å². The van der Waals surface area contributed by atoms with Crippen LogP contribution in [0.15, 0.2) is 27.2 Å². The third-order valence-corrected chi connectivity index (χ3v) is 4.82. The fourth-order valence-corrected chi connectivity index (χ4v) is 3.59. The van der Waals surface area contributed by atoms with Crippen LogP contribution in [-0.4, -0.2) is 23.9 Å². The Bertz CT molecular complexity index is 682. The zero-order valence-electron chi connectivity index (χ0n) is 12.1. The van der Waals surface area contributed by atoms with Gasteiger partial charge >= 0.3 is 0 Å². The van der Waals surface area contributed by atoms with Crippen molar-refractivity contribution >= 4 is 33.6 Å². The number of phenolic OH excluding ortho intramolecular Hbond substituents is 1. The zero-order valence-corrected chi connectivity index (χ0v) is 14.5. The number of thioether (sulfide) groups is 1. The molecule has 5 nitrogen and oxygen atoms in total. The van der Waals surface area contributed by atoms with Gasteiger partial charge in [-0.3, -0.25) is 4.79 Å². The van der Waals surface area contributed by atoms with Crippen LogP contribution in [-0.2, 0) is 4.79 Å². The Hall–Kier alpha value is -1.65. The maximum absolute atomic E-state index is 11.9. The number of carbonyl (C=O) groups excluding carboxylic acids is 1. The van der Waals surface area contributed by atoms with Gasteiger partial charge in [0.05, 0.1) is 28.3 Å². The lowest BCUT2D eigenvalue weighted by atomic mass is 9.87. The lowest BCUT2D eigenvalue weighted by Gasteiger charge is -2.25. The topological polar surface area (TPSA) is 82.3 Å². The highest BCUT2D eigenvalue weighted by atomic mass is 79.9. The SMILES string of the molecule is CCSC1=C(C#N)[C@H](c2cc(Br)c(O)c(OC)c2)CC(=O)N1. The Labute approximate surface area is 141 Å². The highest BCUT2D eigenvalue weighted by Gasteiger charge is 2.30. The van der Waals surface area contributed by atoms with E-state index in [0.717, 1.165) is 11.3 Å². The highest BCUT2D eigenvalue weighted by Crippen LogP contribution is 2.42. The standard InChI is InChI=1S/C15H15BrN2O3S/c1-3-22-15-10(7-17)9(6-13(19)18-15)8-4-11(16)14(20)12(5-8)21-2/h4-5,9,20H,3,6H2,1-2H3,(H,18,19)/t9-/m0/s1. The molecule has 1 aromatic rings. The molecular weight excluding hydrogens is 368 g/mol. The van der Waals surface area contributed by atoms with E-state index in [9.17, 15) is 15.2 Å². The second kappa shape index (κ2) is 7.07. The molecule has 1 aromatic carbocycles. The van der Waals surface area contributed by atoms with Crippen LogP contribution in [0.3, 0.4) is 0 Å². The van der Waals surface area contributed by atoms with Gasteiger partial charge in [0.2, 0.25) is 5.91 Å². The van der Waals surface area contributed by atoms with Crippen LogP contribution in [0, 0.1) is 11.3 Å². The van der Waals surface area contributed by atoms with Crippen LogP contribution in [0.2, 0.25) is 0 Å². The number of hydrogen-bond donors (Lipinski definition) is 2. The second-order valence-electron chi connectivity index (χ2n) is 4.65. The van der Waals surface area contributed by atoms with Gasteiger partial charge in [-0.25, -0.2) is 0 Å². The predicted octanol–water partition coefficient (Wildman–Crippen LogP) is 3.26. The van der Waals surface area contributed by atoms with E-state index >= 15 is 0 Å². The summed E-state index contributed by atoms with van der Waals surface area (Å²) in [4.78, 5) is 11.9. The molecular formula is C15H15BrN2O3S. The number of halogens is 1. The Balaban J connectivity index is 2.54. The molecule has 0 unspecified atom stereocenters. The molecule has 0 bridgehead atoms. The molecule has 0 saturated heterocycles. The first kappa shape index (κ1) is 16.7. The number of hydrogen-bond acceptors (Lipinski definition) is 5. The number of aromatic hydroxyl groups is 1. The van der Waals surface area contributed by atoms with Gasteiger partial charge in [-0.2, -0.15) is 5.26 Å². The van der Waals surface area contributed by atoms with Gasteiger partial charge in [-0.15, -0.1) is 11.8 Å². The minimum atomic E-state index is -0.349. The van der Waals surface area contributed by atoms with Crippen molar-refractivity contribution < 1.29 is 14.6 Å². The summed E-state index contributed by atoms with van der Waals surface area (Å²) in [6.45, 7) is 1.96. The van der Waals surface area contributed by atoms with Crippen molar-refractivity contribution in [3.8, 4) is 17.6 Å². The average Bonchev–Trinajstić information content (AvgIpc) is 2.49. The van der Waals surface area contributed by atoms with E-state index in [4.69, 9.17) is 4.74 Å². The lowest BCUT2D eigenvalue weighted by Crippen LogP contribution is -2.30. The summed E-state index contributed by atoms with van der Waals surface area (Å²) in [5.41, 5.74) is 1.29. The van der Waals surface area contributed by atoms with Gasteiger partial charge in [0.15, 0.2) is 11.5 Å². The molecule has 7 heteroatoms. The van der Waals surface area contributed by atoms with Crippen LogP contribution in [0.25, 0.3) is 0 Å². The molecule has 0 saturated carbocycles. The number of allylic oxidation sites excluding steroid dienone is 1. The number of nitriles is 1.